The van der Waals surface area contributed by atoms with E-state index in [1.807, 2.05) is 48.5 Å². The van der Waals surface area contributed by atoms with Gasteiger partial charge in [0.1, 0.15) is 5.75 Å². The summed E-state index contributed by atoms with van der Waals surface area (Å²) in [7, 11) is 1.54. The van der Waals surface area contributed by atoms with Crippen molar-refractivity contribution in [2.45, 2.75) is 0 Å². The number of ether oxygens (including phenoxy) is 1. The van der Waals surface area contributed by atoms with E-state index in [1.165, 1.54) is 7.11 Å². The number of nitrogens with zero attached hydrogens (tertiary/aromatic N) is 3. The third-order valence-electron chi connectivity index (χ3n) is 4.31. The van der Waals surface area contributed by atoms with E-state index in [1.54, 1.807) is 36.7 Å². The molecule has 0 fully saturated rings. The Hall–Kier alpha value is -4.26. The Morgan fingerprint density at radius 3 is 2.50 bits per heavy atom. The smallest absolute Gasteiger partial charge is 0.259 e. The maximum absolute atomic E-state index is 12.6. The molecule has 2 N–H and O–H groups in total. The molecule has 0 saturated heterocycles. The van der Waals surface area contributed by atoms with Crippen molar-refractivity contribution in [1.82, 2.24) is 15.0 Å². The Morgan fingerprint density at radius 2 is 1.67 bits per heavy atom. The van der Waals surface area contributed by atoms with E-state index in [0.29, 0.717) is 28.6 Å². The summed E-state index contributed by atoms with van der Waals surface area (Å²) in [6.45, 7) is 0. The topological polar surface area (TPSA) is 89.0 Å². The molecule has 0 atom stereocenters. The summed E-state index contributed by atoms with van der Waals surface area (Å²) in [6, 6.07) is 21.9. The third-order valence-corrected chi connectivity index (χ3v) is 4.31. The first-order valence-electron chi connectivity index (χ1n) is 9.29. The molecule has 0 radical (unpaired) electrons. The fourth-order valence-electron chi connectivity index (χ4n) is 2.91. The molecule has 2 aromatic heterocycles. The molecule has 0 spiro atoms. The van der Waals surface area contributed by atoms with Crippen LogP contribution in [0.25, 0.3) is 11.4 Å². The maximum Gasteiger partial charge on any atom is 0.259 e. The maximum atomic E-state index is 12.6. The highest BCUT2D eigenvalue weighted by Gasteiger charge is 2.12. The van der Waals surface area contributed by atoms with Crippen molar-refractivity contribution >= 4 is 23.2 Å². The van der Waals surface area contributed by atoms with Gasteiger partial charge in [-0.05, 0) is 48.5 Å². The average Bonchev–Trinajstić information content (AvgIpc) is 2.80. The summed E-state index contributed by atoms with van der Waals surface area (Å²) < 4.78 is 5.26. The number of carbonyl (C=O) groups is 1. The van der Waals surface area contributed by atoms with Gasteiger partial charge in [0, 0.05) is 23.8 Å². The van der Waals surface area contributed by atoms with E-state index >= 15 is 0 Å². The van der Waals surface area contributed by atoms with Crippen molar-refractivity contribution in [1.29, 1.82) is 0 Å². The second-order valence-electron chi connectivity index (χ2n) is 6.34. The van der Waals surface area contributed by atoms with Gasteiger partial charge in [0.05, 0.1) is 24.1 Å². The number of anilines is 3. The number of rotatable bonds is 6. The Morgan fingerprint density at radius 1 is 0.833 bits per heavy atom. The van der Waals surface area contributed by atoms with Crippen LogP contribution in [0.15, 0.2) is 85.2 Å². The summed E-state index contributed by atoms with van der Waals surface area (Å²) in [6.07, 6.45) is 3.39. The number of aromatic nitrogens is 3. The van der Waals surface area contributed by atoms with Gasteiger partial charge in [-0.25, -0.2) is 9.97 Å². The van der Waals surface area contributed by atoms with Gasteiger partial charge >= 0.3 is 0 Å². The third kappa shape index (κ3) is 4.41. The van der Waals surface area contributed by atoms with Gasteiger partial charge in [-0.15, -0.1) is 0 Å². The summed E-state index contributed by atoms with van der Waals surface area (Å²) in [5.41, 5.74) is 3.32. The van der Waals surface area contributed by atoms with Crippen LogP contribution in [0.4, 0.5) is 17.3 Å². The number of benzene rings is 2. The van der Waals surface area contributed by atoms with Crippen LogP contribution in [0.1, 0.15) is 10.4 Å². The van der Waals surface area contributed by atoms with Crippen molar-refractivity contribution < 1.29 is 9.53 Å². The number of nitrogens with one attached hydrogen (secondary N) is 2. The van der Waals surface area contributed by atoms with Crippen molar-refractivity contribution in [2.24, 2.45) is 0 Å². The lowest BCUT2D eigenvalue weighted by atomic mass is 10.2. The Kier molecular flexibility index (Phi) is 5.61. The highest BCUT2D eigenvalue weighted by molar-refractivity contribution is 6.06. The number of pyridine rings is 1. The first kappa shape index (κ1) is 19.1. The largest absolute Gasteiger partial charge is 0.496 e. The van der Waals surface area contributed by atoms with Gasteiger partial charge in [0.2, 0.25) is 5.95 Å². The molecular weight excluding hydrogens is 378 g/mol. The molecule has 30 heavy (non-hydrogen) atoms. The average molecular weight is 397 g/mol. The molecule has 1 amide bonds. The Bertz CT molecular complexity index is 1160. The standard InChI is InChI=1S/C23H19N5O2/c1-30-21-11-3-2-9-18(21)22(29)26-16-7-6-8-17(15-16)27-23-25-14-12-20(28-23)19-10-4-5-13-24-19/h2-15H,1H3,(H,26,29)(H,25,27,28). The molecule has 0 unspecified atom stereocenters. The molecule has 148 valence electrons. The zero-order valence-electron chi connectivity index (χ0n) is 16.2. The lowest BCUT2D eigenvalue weighted by Crippen LogP contribution is -2.13. The molecule has 4 rings (SSSR count). The minimum absolute atomic E-state index is 0.252. The number of hydrogen-bond acceptors (Lipinski definition) is 6. The van der Waals surface area contributed by atoms with E-state index in [4.69, 9.17) is 4.74 Å². The number of hydrogen-bond donors (Lipinski definition) is 2. The summed E-state index contributed by atoms with van der Waals surface area (Å²) in [5.74, 6) is 0.702. The molecule has 0 aliphatic rings. The van der Waals surface area contributed by atoms with E-state index in [0.717, 1.165) is 11.4 Å². The minimum atomic E-state index is -0.252. The van der Waals surface area contributed by atoms with Crippen LogP contribution < -0.4 is 15.4 Å². The van der Waals surface area contributed by atoms with Crippen LogP contribution in [0.3, 0.4) is 0 Å². The fourth-order valence-corrected chi connectivity index (χ4v) is 2.91. The van der Waals surface area contributed by atoms with Crippen molar-refractivity contribution in [3.05, 3.63) is 90.8 Å². The molecule has 7 nitrogen and oxygen atoms in total. The van der Waals surface area contributed by atoms with E-state index in [-0.39, 0.29) is 5.91 Å². The van der Waals surface area contributed by atoms with Crippen LogP contribution in [-0.4, -0.2) is 28.0 Å². The van der Waals surface area contributed by atoms with E-state index in [9.17, 15) is 4.79 Å². The van der Waals surface area contributed by atoms with Crippen molar-refractivity contribution in [3.63, 3.8) is 0 Å². The van der Waals surface area contributed by atoms with Gasteiger partial charge in [0.15, 0.2) is 0 Å². The van der Waals surface area contributed by atoms with Gasteiger partial charge in [-0.3, -0.25) is 9.78 Å². The molecule has 4 aromatic rings. The van der Waals surface area contributed by atoms with E-state index in [2.05, 4.69) is 25.6 Å². The quantitative estimate of drug-likeness (QED) is 0.496. The second-order valence-corrected chi connectivity index (χ2v) is 6.34. The lowest BCUT2D eigenvalue weighted by Gasteiger charge is -2.11. The summed E-state index contributed by atoms with van der Waals surface area (Å²) in [4.78, 5) is 25.7. The van der Waals surface area contributed by atoms with Crippen molar-refractivity contribution in [2.75, 3.05) is 17.7 Å². The predicted molar refractivity (Wildman–Crippen MR) is 116 cm³/mol. The normalized spacial score (nSPS) is 10.3. The summed E-state index contributed by atoms with van der Waals surface area (Å²) in [5, 5.41) is 6.05. The SMILES string of the molecule is COc1ccccc1C(=O)Nc1cccc(Nc2nccc(-c3ccccn3)n2)c1. The van der Waals surface area contributed by atoms with Crippen LogP contribution in [0.5, 0.6) is 5.75 Å². The Balaban J connectivity index is 1.51. The molecule has 0 aliphatic heterocycles. The molecular formula is C23H19N5O2. The molecule has 7 heteroatoms. The summed E-state index contributed by atoms with van der Waals surface area (Å²) >= 11 is 0. The molecule has 0 saturated carbocycles. The number of para-hydroxylation sites is 1. The zero-order chi connectivity index (χ0) is 20.8. The van der Waals surface area contributed by atoms with Gasteiger partial charge < -0.3 is 15.4 Å². The van der Waals surface area contributed by atoms with Gasteiger partial charge in [-0.2, -0.15) is 0 Å². The monoisotopic (exact) mass is 397 g/mol. The first-order chi connectivity index (χ1) is 14.7. The lowest BCUT2D eigenvalue weighted by molar-refractivity contribution is 0.102. The second kappa shape index (κ2) is 8.83. The molecule has 2 heterocycles. The van der Waals surface area contributed by atoms with Crippen LogP contribution in [0, 0.1) is 0 Å². The van der Waals surface area contributed by atoms with Gasteiger partial charge in [-0.1, -0.05) is 24.3 Å². The predicted octanol–water partition coefficient (Wildman–Crippen LogP) is 4.54. The van der Waals surface area contributed by atoms with Gasteiger partial charge in [0.25, 0.3) is 5.91 Å². The minimum Gasteiger partial charge on any atom is -0.496 e. The highest BCUT2D eigenvalue weighted by Crippen LogP contribution is 2.22. The highest BCUT2D eigenvalue weighted by atomic mass is 16.5. The molecule has 0 bridgehead atoms. The molecule has 0 aliphatic carbocycles. The van der Waals surface area contributed by atoms with Crippen molar-refractivity contribution in [3.8, 4) is 17.1 Å². The number of methoxy groups -OCH3 is 1. The van der Waals surface area contributed by atoms with Crippen LogP contribution >= 0.6 is 0 Å². The zero-order valence-corrected chi connectivity index (χ0v) is 16.2. The number of carbonyl (C=O) groups excluding carboxylic acids is 1. The van der Waals surface area contributed by atoms with E-state index < -0.39 is 0 Å². The first-order valence-corrected chi connectivity index (χ1v) is 9.29. The molecule has 2 aromatic carbocycles. The Labute approximate surface area is 173 Å². The van der Waals surface area contributed by atoms with Crippen LogP contribution in [0.2, 0.25) is 0 Å². The fraction of sp³-hybridized carbons (Fsp3) is 0.0435. The number of amides is 1. The van der Waals surface area contributed by atoms with Crippen LogP contribution in [-0.2, 0) is 0 Å².